The number of aliphatic carboxylic acids is 2. The van der Waals surface area contributed by atoms with Gasteiger partial charge in [-0.2, -0.15) is 26.3 Å². The fraction of sp³-hybridized carbons (Fsp3) is 0.680. The fourth-order valence-electron chi connectivity index (χ4n) is 4.51. The monoisotopic (exact) mass is 540 g/mol. The van der Waals surface area contributed by atoms with Gasteiger partial charge in [0.05, 0.1) is 0 Å². The summed E-state index contributed by atoms with van der Waals surface area (Å²) in [4.78, 5) is 23.2. The van der Waals surface area contributed by atoms with Crippen LogP contribution < -0.4 is 0 Å². The molecule has 2 N–H and O–H groups in total. The van der Waals surface area contributed by atoms with Gasteiger partial charge in [0, 0.05) is 13.1 Å². The molecule has 1 aromatic rings. The highest BCUT2D eigenvalue weighted by molar-refractivity contribution is 5.73. The van der Waals surface area contributed by atoms with Crippen LogP contribution in [-0.4, -0.2) is 77.0 Å². The maximum atomic E-state index is 10.6. The predicted octanol–water partition coefficient (Wildman–Crippen LogP) is 5.35. The Labute approximate surface area is 212 Å². The summed E-state index contributed by atoms with van der Waals surface area (Å²) in [6, 6.07) is 9.10. The van der Waals surface area contributed by atoms with E-state index in [2.05, 4.69) is 41.0 Å². The molecular weight excluding hydrogens is 506 g/mol. The van der Waals surface area contributed by atoms with Gasteiger partial charge < -0.3 is 15.1 Å². The Kier molecular flexibility index (Phi) is 10.8. The Balaban J connectivity index is 0.000000286. The van der Waals surface area contributed by atoms with Crippen molar-refractivity contribution in [3.8, 4) is 0 Å². The topological polar surface area (TPSA) is 81.1 Å². The largest absolute Gasteiger partial charge is 0.490 e. The summed E-state index contributed by atoms with van der Waals surface area (Å²) in [6.45, 7) is 10.1. The molecular formula is C25H34F6N2O4. The van der Waals surface area contributed by atoms with Gasteiger partial charge in [-0.25, -0.2) is 9.59 Å². The number of aryl methyl sites for hydroxylation is 1. The number of nitrogens with zero attached hydrogens (tertiary/aromatic N) is 2. The number of halogens is 6. The first kappa shape index (κ1) is 30.9. The van der Waals surface area contributed by atoms with Gasteiger partial charge in [-0.15, -0.1) is 0 Å². The summed E-state index contributed by atoms with van der Waals surface area (Å²) in [6.07, 6.45) is -1.41. The number of rotatable bonds is 4. The summed E-state index contributed by atoms with van der Waals surface area (Å²) in [5, 5.41) is 14.2. The predicted molar refractivity (Wildman–Crippen MR) is 124 cm³/mol. The second-order valence-electron chi connectivity index (χ2n) is 10.1. The molecule has 0 bridgehead atoms. The molecule has 2 aliphatic heterocycles. The van der Waals surface area contributed by atoms with Crippen LogP contribution in [0.1, 0.15) is 49.7 Å². The van der Waals surface area contributed by atoms with Crippen LogP contribution in [0.4, 0.5) is 26.3 Å². The third kappa shape index (κ3) is 11.3. The van der Waals surface area contributed by atoms with E-state index in [1.807, 2.05) is 0 Å². The number of likely N-dealkylation sites (tertiary alicyclic amines) is 2. The van der Waals surface area contributed by atoms with Crippen LogP contribution in [0, 0.1) is 18.3 Å². The molecule has 2 saturated heterocycles. The highest BCUT2D eigenvalue weighted by Crippen LogP contribution is 2.42. The van der Waals surface area contributed by atoms with Gasteiger partial charge in [0.2, 0.25) is 0 Å². The first-order chi connectivity index (χ1) is 17.1. The van der Waals surface area contributed by atoms with E-state index in [4.69, 9.17) is 19.8 Å². The summed E-state index contributed by atoms with van der Waals surface area (Å²) in [5.41, 5.74) is 3.53. The lowest BCUT2D eigenvalue weighted by atomic mass is 9.71. The van der Waals surface area contributed by atoms with Gasteiger partial charge in [0.15, 0.2) is 0 Å². The van der Waals surface area contributed by atoms with Gasteiger partial charge >= 0.3 is 24.3 Å². The van der Waals surface area contributed by atoms with Crippen molar-refractivity contribution in [3.05, 3.63) is 35.4 Å². The van der Waals surface area contributed by atoms with Crippen LogP contribution in [0.2, 0.25) is 0 Å². The van der Waals surface area contributed by atoms with Gasteiger partial charge in [-0.3, -0.25) is 4.90 Å². The van der Waals surface area contributed by atoms with E-state index >= 15 is 0 Å². The van der Waals surface area contributed by atoms with Crippen molar-refractivity contribution < 1.29 is 46.1 Å². The fourth-order valence-corrected chi connectivity index (χ4v) is 4.51. The molecule has 0 amide bonds. The molecule has 0 radical (unpaired) electrons. The Morgan fingerprint density at radius 2 is 1.19 bits per heavy atom. The van der Waals surface area contributed by atoms with E-state index in [1.165, 1.54) is 82.4 Å². The van der Waals surface area contributed by atoms with Crippen LogP contribution in [0.5, 0.6) is 0 Å². The lowest BCUT2D eigenvalue weighted by Gasteiger charge is -2.47. The quantitative estimate of drug-likeness (QED) is 0.502. The van der Waals surface area contributed by atoms with Crippen molar-refractivity contribution in [3.63, 3.8) is 0 Å². The Morgan fingerprint density at radius 3 is 1.54 bits per heavy atom. The number of carbonyl (C=O) groups is 2. The van der Waals surface area contributed by atoms with Crippen LogP contribution in [0.15, 0.2) is 24.3 Å². The van der Waals surface area contributed by atoms with Crippen molar-refractivity contribution >= 4 is 11.9 Å². The van der Waals surface area contributed by atoms with E-state index in [0.29, 0.717) is 5.41 Å². The first-order valence-electron chi connectivity index (χ1n) is 12.2. The molecule has 3 fully saturated rings. The molecule has 0 aromatic heterocycles. The Hall–Kier alpha value is -2.34. The number of piperidine rings is 2. The minimum absolute atomic E-state index is 0.684. The number of carboxylic acid groups (broad SMARTS) is 2. The molecule has 12 heteroatoms. The van der Waals surface area contributed by atoms with Crippen molar-refractivity contribution in [2.45, 2.75) is 64.3 Å². The zero-order valence-corrected chi connectivity index (χ0v) is 20.7. The van der Waals surface area contributed by atoms with Crippen LogP contribution in [0.25, 0.3) is 0 Å². The van der Waals surface area contributed by atoms with E-state index in [0.717, 1.165) is 12.5 Å². The van der Waals surface area contributed by atoms with Gasteiger partial charge in [0.25, 0.3) is 0 Å². The molecule has 1 aliphatic carbocycles. The number of hydrogen-bond acceptors (Lipinski definition) is 4. The highest BCUT2D eigenvalue weighted by atomic mass is 19.4. The van der Waals surface area contributed by atoms with Crippen molar-refractivity contribution in [1.29, 1.82) is 0 Å². The second kappa shape index (κ2) is 12.9. The number of carboxylic acids is 2. The maximum Gasteiger partial charge on any atom is 0.490 e. The SMILES string of the molecule is Cc1ccc(CN2CCC3(CC2)CCN(CC2CC2)CC3)cc1.O=C(O)C(F)(F)F.O=C(O)C(F)(F)F. The van der Waals surface area contributed by atoms with Crippen LogP contribution >= 0.6 is 0 Å². The van der Waals surface area contributed by atoms with Crippen LogP contribution in [0.3, 0.4) is 0 Å². The summed E-state index contributed by atoms with van der Waals surface area (Å²) < 4.78 is 63.5. The molecule has 0 unspecified atom stereocenters. The third-order valence-electron chi connectivity index (χ3n) is 7.06. The average Bonchev–Trinajstić information content (AvgIpc) is 3.62. The maximum absolute atomic E-state index is 10.6. The summed E-state index contributed by atoms with van der Waals surface area (Å²) >= 11 is 0. The van der Waals surface area contributed by atoms with E-state index < -0.39 is 24.3 Å². The Bertz CT molecular complexity index is 843. The van der Waals surface area contributed by atoms with Crippen molar-refractivity contribution in [1.82, 2.24) is 9.80 Å². The molecule has 4 rings (SSSR count). The Morgan fingerprint density at radius 1 is 0.811 bits per heavy atom. The highest BCUT2D eigenvalue weighted by Gasteiger charge is 2.39. The second-order valence-corrected chi connectivity index (χ2v) is 10.1. The third-order valence-corrected chi connectivity index (χ3v) is 7.06. The molecule has 0 atom stereocenters. The molecule has 3 aliphatic rings. The average molecular weight is 541 g/mol. The number of hydrogen-bond donors (Lipinski definition) is 2. The van der Waals surface area contributed by atoms with E-state index in [-0.39, 0.29) is 0 Å². The van der Waals surface area contributed by atoms with Gasteiger partial charge in [-0.05, 0) is 88.5 Å². The molecule has 1 aromatic carbocycles. The summed E-state index contributed by atoms with van der Waals surface area (Å²) in [5.74, 6) is -4.46. The lowest BCUT2D eigenvalue weighted by Crippen LogP contribution is -2.46. The summed E-state index contributed by atoms with van der Waals surface area (Å²) in [7, 11) is 0. The minimum Gasteiger partial charge on any atom is -0.475 e. The molecule has 1 spiro atoms. The molecule has 37 heavy (non-hydrogen) atoms. The normalized spacial score (nSPS) is 20.3. The first-order valence-corrected chi connectivity index (χ1v) is 12.2. The molecule has 210 valence electrons. The minimum atomic E-state index is -5.08. The van der Waals surface area contributed by atoms with Gasteiger partial charge in [0.1, 0.15) is 0 Å². The zero-order chi connectivity index (χ0) is 27.9. The lowest BCUT2D eigenvalue weighted by molar-refractivity contribution is -0.193. The zero-order valence-electron chi connectivity index (χ0n) is 20.7. The molecule has 1 saturated carbocycles. The van der Waals surface area contributed by atoms with Crippen molar-refractivity contribution in [2.24, 2.45) is 11.3 Å². The number of benzene rings is 1. The smallest absolute Gasteiger partial charge is 0.475 e. The standard InChI is InChI=1S/C21H32N2.2C2HF3O2/c1-18-2-4-19(5-3-18)16-22-12-8-21(9-13-22)10-14-23(15-11-21)17-20-6-7-20;2*3-2(4,5)1(6)7/h2-5,20H,6-17H2,1H3;2*(H,6,7). The number of alkyl halides is 6. The molecule has 2 heterocycles. The molecule has 6 nitrogen and oxygen atoms in total. The van der Waals surface area contributed by atoms with Crippen molar-refractivity contribution in [2.75, 3.05) is 32.7 Å². The van der Waals surface area contributed by atoms with Crippen LogP contribution in [-0.2, 0) is 16.1 Å². The van der Waals surface area contributed by atoms with E-state index in [1.54, 1.807) is 0 Å². The van der Waals surface area contributed by atoms with Gasteiger partial charge in [-0.1, -0.05) is 29.8 Å². The van der Waals surface area contributed by atoms with E-state index in [9.17, 15) is 26.3 Å².